The minimum Gasteiger partial charge on any atom is -0.493 e. The number of halogens is 2. The molecule has 0 radical (unpaired) electrons. The Balaban J connectivity index is 2.41. The highest BCUT2D eigenvalue weighted by Gasteiger charge is 2.25. The molecule has 0 N–H and O–H groups in total. The molecule has 22 heavy (non-hydrogen) atoms. The minimum absolute atomic E-state index is 0.00400. The van der Waals surface area contributed by atoms with Gasteiger partial charge in [0.15, 0.2) is 17.3 Å². The lowest BCUT2D eigenvalue weighted by atomic mass is 10.1. The van der Waals surface area contributed by atoms with Crippen LogP contribution in [0.1, 0.15) is 17.3 Å². The second-order valence-corrected chi connectivity index (χ2v) is 7.95. The van der Waals surface area contributed by atoms with Gasteiger partial charge in [-0.15, -0.1) is 11.3 Å². The topological polar surface area (TPSA) is 69.7 Å². The molecule has 118 valence electrons. The molecule has 2 rings (SSSR count). The number of ether oxygens (including phenoxy) is 1. The predicted molar refractivity (Wildman–Crippen MR) is 85.2 cm³/mol. The molecule has 0 aliphatic heterocycles. The average Bonchev–Trinajstić information content (AvgIpc) is 2.78. The molecule has 0 saturated heterocycles. The van der Waals surface area contributed by atoms with Crippen LogP contribution in [0.5, 0.6) is 11.5 Å². The predicted octanol–water partition coefficient (Wildman–Crippen LogP) is 4.03. The molecule has 0 aliphatic carbocycles. The Morgan fingerprint density at radius 2 is 1.86 bits per heavy atom. The summed E-state index contributed by atoms with van der Waals surface area (Å²) in [7, 11) is -2.82. The fourth-order valence-electron chi connectivity index (χ4n) is 1.61. The van der Waals surface area contributed by atoms with Crippen LogP contribution in [-0.2, 0) is 10.1 Å². The van der Waals surface area contributed by atoms with Crippen molar-refractivity contribution in [3.05, 3.63) is 38.5 Å². The van der Waals surface area contributed by atoms with Crippen LogP contribution in [0.25, 0.3) is 0 Å². The molecule has 0 bridgehead atoms. The summed E-state index contributed by atoms with van der Waals surface area (Å²) in [6.07, 6.45) is 0. The number of Topliss-reactive ketones (excluding diaryl/α,β-unsaturated/α-hetero) is 1. The zero-order valence-corrected chi connectivity index (χ0v) is 14.6. The van der Waals surface area contributed by atoms with E-state index in [2.05, 4.69) is 0 Å². The van der Waals surface area contributed by atoms with E-state index in [4.69, 9.17) is 32.1 Å². The van der Waals surface area contributed by atoms with Crippen molar-refractivity contribution in [3.8, 4) is 11.5 Å². The molecule has 2 aromatic rings. The normalized spacial score (nSPS) is 11.3. The van der Waals surface area contributed by atoms with Gasteiger partial charge >= 0.3 is 10.1 Å². The molecule has 5 nitrogen and oxygen atoms in total. The molecule has 1 aromatic carbocycles. The maximum absolute atomic E-state index is 12.2. The summed E-state index contributed by atoms with van der Waals surface area (Å²) < 4.78 is 34.8. The number of methoxy groups -OCH3 is 1. The van der Waals surface area contributed by atoms with Gasteiger partial charge in [0.1, 0.15) is 9.23 Å². The van der Waals surface area contributed by atoms with Gasteiger partial charge in [-0.2, -0.15) is 8.42 Å². The van der Waals surface area contributed by atoms with Crippen LogP contribution in [0.15, 0.2) is 29.2 Å². The van der Waals surface area contributed by atoms with Gasteiger partial charge in [0.25, 0.3) is 0 Å². The van der Waals surface area contributed by atoms with E-state index in [9.17, 15) is 13.2 Å². The Bertz CT molecular complexity index is 827. The standard InChI is InChI=1S/C13H10Cl2O5S2/c1-7(16)8-3-4-9(10(5-8)19-2)20-22(17,18)11-6-12(14)21-13(11)15/h3-6H,1-2H3. The van der Waals surface area contributed by atoms with Crippen LogP contribution in [0.4, 0.5) is 0 Å². The lowest BCUT2D eigenvalue weighted by Crippen LogP contribution is -2.10. The van der Waals surface area contributed by atoms with Gasteiger partial charge in [-0.25, -0.2) is 0 Å². The molecule has 0 aliphatic rings. The summed E-state index contributed by atoms with van der Waals surface area (Å²) in [6.45, 7) is 1.39. The van der Waals surface area contributed by atoms with Gasteiger partial charge in [-0.1, -0.05) is 23.2 Å². The van der Waals surface area contributed by atoms with E-state index in [-0.39, 0.29) is 30.9 Å². The Kier molecular flexibility index (Phi) is 5.01. The lowest BCUT2D eigenvalue weighted by molar-refractivity contribution is 0.101. The smallest absolute Gasteiger partial charge is 0.341 e. The van der Waals surface area contributed by atoms with Crippen molar-refractivity contribution in [2.45, 2.75) is 11.8 Å². The van der Waals surface area contributed by atoms with Crippen LogP contribution in [0.2, 0.25) is 8.67 Å². The first-order valence-electron chi connectivity index (χ1n) is 5.83. The van der Waals surface area contributed by atoms with Gasteiger partial charge in [0.2, 0.25) is 0 Å². The molecule has 1 aromatic heterocycles. The maximum atomic E-state index is 12.2. The summed E-state index contributed by atoms with van der Waals surface area (Å²) in [5, 5.41) is 0. The van der Waals surface area contributed by atoms with Crippen molar-refractivity contribution in [2.24, 2.45) is 0 Å². The van der Waals surface area contributed by atoms with Gasteiger partial charge in [0, 0.05) is 5.56 Å². The number of carbonyl (C=O) groups is 1. The van der Waals surface area contributed by atoms with E-state index in [1.54, 1.807) is 0 Å². The second-order valence-electron chi connectivity index (χ2n) is 4.15. The van der Waals surface area contributed by atoms with E-state index < -0.39 is 10.1 Å². The summed E-state index contributed by atoms with van der Waals surface area (Å²) >= 11 is 12.5. The second kappa shape index (κ2) is 6.45. The highest BCUT2D eigenvalue weighted by molar-refractivity contribution is 7.87. The number of hydrogen-bond acceptors (Lipinski definition) is 6. The number of ketones is 1. The van der Waals surface area contributed by atoms with Crippen LogP contribution in [0.3, 0.4) is 0 Å². The van der Waals surface area contributed by atoms with Crippen molar-refractivity contribution in [1.82, 2.24) is 0 Å². The molecule has 0 fully saturated rings. The largest absolute Gasteiger partial charge is 0.493 e. The van der Waals surface area contributed by atoms with Crippen molar-refractivity contribution < 1.29 is 22.1 Å². The first-order chi connectivity index (χ1) is 10.2. The van der Waals surface area contributed by atoms with Crippen LogP contribution in [0, 0.1) is 0 Å². The Morgan fingerprint density at radius 1 is 1.18 bits per heavy atom. The molecule has 0 spiro atoms. The SMILES string of the molecule is COc1cc(C(C)=O)ccc1OS(=O)(=O)c1cc(Cl)sc1Cl. The maximum Gasteiger partial charge on any atom is 0.341 e. The highest BCUT2D eigenvalue weighted by atomic mass is 35.5. The minimum atomic E-state index is -4.16. The van der Waals surface area contributed by atoms with Gasteiger partial charge in [-0.3, -0.25) is 4.79 Å². The lowest BCUT2D eigenvalue weighted by Gasteiger charge is -2.11. The molecule has 1 heterocycles. The van der Waals surface area contributed by atoms with E-state index in [1.165, 1.54) is 38.3 Å². The van der Waals surface area contributed by atoms with Crippen molar-refractivity contribution in [3.63, 3.8) is 0 Å². The number of thiophene rings is 1. The first kappa shape index (κ1) is 17.1. The van der Waals surface area contributed by atoms with E-state index in [1.807, 2.05) is 0 Å². The molecule has 0 saturated carbocycles. The zero-order chi connectivity index (χ0) is 16.5. The van der Waals surface area contributed by atoms with Crippen molar-refractivity contribution in [2.75, 3.05) is 7.11 Å². The van der Waals surface area contributed by atoms with Crippen molar-refractivity contribution in [1.29, 1.82) is 0 Å². The van der Waals surface area contributed by atoms with E-state index in [0.717, 1.165) is 11.3 Å². The van der Waals surface area contributed by atoms with Crippen LogP contribution >= 0.6 is 34.5 Å². The monoisotopic (exact) mass is 380 g/mol. The van der Waals surface area contributed by atoms with E-state index in [0.29, 0.717) is 5.56 Å². The number of carbonyl (C=O) groups excluding carboxylic acids is 1. The number of rotatable bonds is 5. The Labute approximate surface area is 141 Å². The van der Waals surface area contributed by atoms with Gasteiger partial charge in [-0.05, 0) is 31.2 Å². The average molecular weight is 381 g/mol. The van der Waals surface area contributed by atoms with E-state index >= 15 is 0 Å². The molecule has 9 heteroatoms. The third kappa shape index (κ3) is 3.55. The summed E-state index contributed by atoms with van der Waals surface area (Å²) in [6, 6.07) is 5.39. The Morgan fingerprint density at radius 3 is 2.36 bits per heavy atom. The summed E-state index contributed by atoms with van der Waals surface area (Å²) in [5.74, 6) is -0.111. The Hall–Kier alpha value is -1.28. The quantitative estimate of drug-likeness (QED) is 0.578. The molecule has 0 amide bonds. The third-order valence-corrected chi connectivity index (χ3v) is 5.65. The third-order valence-electron chi connectivity index (χ3n) is 2.66. The van der Waals surface area contributed by atoms with Gasteiger partial charge < -0.3 is 8.92 Å². The summed E-state index contributed by atoms with van der Waals surface area (Å²) in [4.78, 5) is 11.1. The summed E-state index contributed by atoms with van der Waals surface area (Å²) in [5.41, 5.74) is 0.373. The zero-order valence-electron chi connectivity index (χ0n) is 11.4. The molecular formula is C13H10Cl2O5S2. The van der Waals surface area contributed by atoms with Crippen LogP contribution in [-0.4, -0.2) is 21.3 Å². The molecular weight excluding hydrogens is 371 g/mol. The highest BCUT2D eigenvalue weighted by Crippen LogP contribution is 2.37. The fraction of sp³-hybridized carbons (Fsp3) is 0.154. The number of benzene rings is 1. The first-order valence-corrected chi connectivity index (χ1v) is 8.81. The molecule has 0 atom stereocenters. The number of hydrogen-bond donors (Lipinski definition) is 0. The molecule has 0 unspecified atom stereocenters. The fourth-order valence-corrected chi connectivity index (χ4v) is 4.66. The van der Waals surface area contributed by atoms with Crippen molar-refractivity contribution >= 4 is 50.4 Å². The van der Waals surface area contributed by atoms with Crippen LogP contribution < -0.4 is 8.92 Å². The van der Waals surface area contributed by atoms with Gasteiger partial charge in [0.05, 0.1) is 11.4 Å².